The molecule has 0 atom stereocenters. The Bertz CT molecular complexity index is 1230. The minimum atomic E-state index is -0.484. The Hall–Kier alpha value is -3.22. The Morgan fingerprint density at radius 1 is 1.06 bits per heavy atom. The maximum atomic E-state index is 12.5. The van der Waals surface area contributed by atoms with Gasteiger partial charge in [-0.1, -0.05) is 23.2 Å². The highest BCUT2D eigenvalue weighted by Gasteiger charge is 2.25. The molecule has 3 aromatic rings. The van der Waals surface area contributed by atoms with Gasteiger partial charge in [0.05, 0.1) is 18.7 Å². The molecule has 156 valence electrons. The van der Waals surface area contributed by atoms with Crippen molar-refractivity contribution in [3.63, 3.8) is 0 Å². The third-order valence-electron chi connectivity index (χ3n) is 5.29. The fraction of sp³-hybridized carbons (Fsp3) is 0.208. The van der Waals surface area contributed by atoms with E-state index in [0.717, 1.165) is 40.9 Å². The number of aryl methyl sites for hydroxylation is 1. The van der Waals surface area contributed by atoms with E-state index in [1.807, 2.05) is 19.1 Å². The van der Waals surface area contributed by atoms with Crippen LogP contribution in [-0.4, -0.2) is 43.2 Å². The van der Waals surface area contributed by atoms with Crippen molar-refractivity contribution < 1.29 is 14.3 Å². The van der Waals surface area contributed by atoms with Crippen LogP contribution in [0.3, 0.4) is 0 Å². The third kappa shape index (κ3) is 4.04. The quantitative estimate of drug-likeness (QED) is 0.453. The van der Waals surface area contributed by atoms with E-state index >= 15 is 0 Å². The molecule has 3 heterocycles. The van der Waals surface area contributed by atoms with E-state index < -0.39 is 5.97 Å². The van der Waals surface area contributed by atoms with E-state index in [9.17, 15) is 4.79 Å². The first-order valence-electron chi connectivity index (χ1n) is 10.1. The minimum absolute atomic E-state index is 0.244. The minimum Gasteiger partial charge on any atom is -0.402 e. The molecule has 2 aromatic carbocycles. The van der Waals surface area contributed by atoms with E-state index in [0.29, 0.717) is 23.8 Å². The van der Waals surface area contributed by atoms with Crippen LogP contribution in [-0.2, 0) is 14.3 Å². The lowest BCUT2D eigenvalue weighted by molar-refractivity contribution is -0.129. The number of carbonyl (C=O) groups is 1. The molecule has 7 heteroatoms. The van der Waals surface area contributed by atoms with Gasteiger partial charge in [0.15, 0.2) is 5.70 Å². The average Bonchev–Trinajstić information content (AvgIpc) is 3.14. The zero-order valence-corrected chi connectivity index (χ0v) is 17.7. The molecule has 1 fully saturated rings. The van der Waals surface area contributed by atoms with Crippen LogP contribution < -0.4 is 4.90 Å². The second-order valence-corrected chi connectivity index (χ2v) is 7.98. The van der Waals surface area contributed by atoms with Gasteiger partial charge in [-0.15, -0.1) is 0 Å². The molecular weight excluding hydrogens is 414 g/mol. The number of ether oxygens (including phenoxy) is 2. The zero-order chi connectivity index (χ0) is 21.4. The van der Waals surface area contributed by atoms with Crippen molar-refractivity contribution in [3.8, 4) is 0 Å². The fourth-order valence-corrected chi connectivity index (χ4v) is 3.84. The molecule has 0 radical (unpaired) electrons. The number of pyridine rings is 1. The van der Waals surface area contributed by atoms with Crippen LogP contribution >= 0.6 is 11.6 Å². The summed E-state index contributed by atoms with van der Waals surface area (Å²) >= 11 is 5.95. The molecule has 31 heavy (non-hydrogen) atoms. The first-order chi connectivity index (χ1) is 15.1. The molecule has 0 amide bonds. The van der Waals surface area contributed by atoms with Crippen LogP contribution in [0, 0.1) is 6.92 Å². The smallest absolute Gasteiger partial charge is 0.363 e. The van der Waals surface area contributed by atoms with E-state index in [-0.39, 0.29) is 11.6 Å². The molecule has 0 spiro atoms. The van der Waals surface area contributed by atoms with Crippen LogP contribution in [0.1, 0.15) is 16.7 Å². The molecule has 0 N–H and O–H groups in total. The third-order valence-corrected chi connectivity index (χ3v) is 5.55. The van der Waals surface area contributed by atoms with Gasteiger partial charge in [-0.3, -0.25) is 0 Å². The number of carbonyl (C=O) groups excluding carboxylic acids is 1. The highest BCUT2D eigenvalue weighted by molar-refractivity contribution is 6.30. The molecule has 2 aliphatic heterocycles. The predicted molar refractivity (Wildman–Crippen MR) is 122 cm³/mol. The van der Waals surface area contributed by atoms with Gasteiger partial charge < -0.3 is 14.4 Å². The summed E-state index contributed by atoms with van der Waals surface area (Å²) in [4.78, 5) is 24.1. The van der Waals surface area contributed by atoms with Crippen molar-refractivity contribution >= 4 is 46.3 Å². The molecule has 0 aliphatic carbocycles. The van der Waals surface area contributed by atoms with Crippen LogP contribution in [0.2, 0.25) is 5.02 Å². The second kappa shape index (κ2) is 8.13. The Kier molecular flexibility index (Phi) is 5.18. The average molecular weight is 434 g/mol. The number of esters is 1. The van der Waals surface area contributed by atoms with E-state index in [2.05, 4.69) is 22.0 Å². The molecule has 6 nitrogen and oxygen atoms in total. The Labute approximate surface area is 184 Å². The van der Waals surface area contributed by atoms with Gasteiger partial charge in [-0.05, 0) is 55.5 Å². The number of fused-ring (bicyclic) bond motifs is 1. The number of benzene rings is 2. The summed E-state index contributed by atoms with van der Waals surface area (Å²) in [5.74, 6) is 0.600. The molecule has 0 saturated carbocycles. The maximum absolute atomic E-state index is 12.5. The molecular formula is C24H20ClN3O3. The number of hydrogen-bond donors (Lipinski definition) is 0. The van der Waals surface area contributed by atoms with Gasteiger partial charge in [0, 0.05) is 34.6 Å². The van der Waals surface area contributed by atoms with Gasteiger partial charge in [0.2, 0.25) is 5.90 Å². The fourth-order valence-electron chi connectivity index (χ4n) is 3.71. The highest BCUT2D eigenvalue weighted by atomic mass is 35.5. The van der Waals surface area contributed by atoms with Crippen LogP contribution in [0.15, 0.2) is 59.2 Å². The lowest BCUT2D eigenvalue weighted by Crippen LogP contribution is -2.37. The number of anilines is 1. The number of cyclic esters (lactones) is 1. The summed E-state index contributed by atoms with van der Waals surface area (Å²) in [5, 5.41) is 1.62. The van der Waals surface area contributed by atoms with Crippen molar-refractivity contribution in [2.75, 3.05) is 31.2 Å². The standard InChI is InChI=1S/C24H20ClN3O3/c1-15-2-7-20-17(12-15)13-18(22(26-20)28-8-10-30-11-9-28)14-21-24(29)31-23(27-21)16-3-5-19(25)6-4-16/h2-7,12-14H,8-11H2,1H3/b21-14+. The Balaban J connectivity index is 1.59. The SMILES string of the molecule is Cc1ccc2nc(N3CCOCC3)c(/C=C3/N=C(c4ccc(Cl)cc4)OC3=O)cc2c1. The van der Waals surface area contributed by atoms with Gasteiger partial charge >= 0.3 is 5.97 Å². The first kappa shape index (κ1) is 19.7. The predicted octanol–water partition coefficient (Wildman–Crippen LogP) is 4.38. The van der Waals surface area contributed by atoms with E-state index in [1.54, 1.807) is 30.3 Å². The molecule has 1 aromatic heterocycles. The van der Waals surface area contributed by atoms with Crippen LogP contribution in [0.4, 0.5) is 5.82 Å². The van der Waals surface area contributed by atoms with Crippen molar-refractivity contribution in [1.29, 1.82) is 0 Å². The summed E-state index contributed by atoms with van der Waals surface area (Å²) in [6, 6.07) is 15.2. The van der Waals surface area contributed by atoms with Gasteiger partial charge in [-0.25, -0.2) is 14.8 Å². The van der Waals surface area contributed by atoms with Crippen molar-refractivity contribution in [3.05, 3.63) is 75.9 Å². The van der Waals surface area contributed by atoms with Crippen LogP contribution in [0.5, 0.6) is 0 Å². The van der Waals surface area contributed by atoms with E-state index in [1.165, 1.54) is 0 Å². The van der Waals surface area contributed by atoms with Crippen molar-refractivity contribution in [1.82, 2.24) is 4.98 Å². The lowest BCUT2D eigenvalue weighted by Gasteiger charge is -2.29. The zero-order valence-electron chi connectivity index (χ0n) is 17.0. The summed E-state index contributed by atoms with van der Waals surface area (Å²) in [5.41, 5.74) is 3.83. The Morgan fingerprint density at radius 3 is 2.61 bits per heavy atom. The number of nitrogens with zero attached hydrogens (tertiary/aromatic N) is 3. The number of rotatable bonds is 3. The second-order valence-electron chi connectivity index (χ2n) is 7.54. The summed E-state index contributed by atoms with van der Waals surface area (Å²) in [6.45, 7) is 4.81. The van der Waals surface area contributed by atoms with Gasteiger partial charge in [0.25, 0.3) is 0 Å². The summed E-state index contributed by atoms with van der Waals surface area (Å²) in [7, 11) is 0. The lowest BCUT2D eigenvalue weighted by atomic mass is 10.1. The monoisotopic (exact) mass is 433 g/mol. The summed E-state index contributed by atoms with van der Waals surface area (Å²) in [6.07, 6.45) is 1.75. The molecule has 1 saturated heterocycles. The van der Waals surface area contributed by atoms with E-state index in [4.69, 9.17) is 26.1 Å². The number of morpholine rings is 1. The number of aliphatic imine (C=N–C) groups is 1. The normalized spacial score (nSPS) is 17.9. The summed E-state index contributed by atoms with van der Waals surface area (Å²) < 4.78 is 10.9. The number of hydrogen-bond acceptors (Lipinski definition) is 6. The van der Waals surface area contributed by atoms with Gasteiger partial charge in [0.1, 0.15) is 5.82 Å². The number of aromatic nitrogens is 1. The topological polar surface area (TPSA) is 64.0 Å². The van der Waals surface area contributed by atoms with Crippen molar-refractivity contribution in [2.24, 2.45) is 4.99 Å². The molecule has 5 rings (SSSR count). The molecule has 2 aliphatic rings. The van der Waals surface area contributed by atoms with Crippen LogP contribution in [0.25, 0.3) is 17.0 Å². The highest BCUT2D eigenvalue weighted by Crippen LogP contribution is 2.29. The molecule has 0 bridgehead atoms. The maximum Gasteiger partial charge on any atom is 0.363 e. The first-order valence-corrected chi connectivity index (χ1v) is 10.5. The largest absolute Gasteiger partial charge is 0.402 e. The van der Waals surface area contributed by atoms with Crippen molar-refractivity contribution in [2.45, 2.75) is 6.92 Å². The Morgan fingerprint density at radius 2 is 1.84 bits per heavy atom. The van der Waals surface area contributed by atoms with Gasteiger partial charge in [-0.2, -0.15) is 0 Å². The molecule has 0 unspecified atom stereocenters. The number of halogens is 1.